The molecule has 1 aromatic rings. The molecule has 0 saturated heterocycles. The van der Waals surface area contributed by atoms with E-state index in [9.17, 15) is 0 Å². The van der Waals surface area contributed by atoms with Crippen molar-refractivity contribution in [3.05, 3.63) is 36.4 Å². The molecule has 1 aromatic carbocycles. The summed E-state index contributed by atoms with van der Waals surface area (Å²) < 4.78 is 9.83. The minimum Gasteiger partial charge on any atom is -0.497 e. The summed E-state index contributed by atoms with van der Waals surface area (Å²) >= 11 is 0. The molecule has 0 saturated carbocycles. The fourth-order valence-electron chi connectivity index (χ4n) is 0.819. The van der Waals surface area contributed by atoms with Crippen LogP contribution in [0.1, 0.15) is 5.56 Å². The van der Waals surface area contributed by atoms with Gasteiger partial charge in [-0.3, -0.25) is 0 Å². The number of ether oxygens (including phenoxy) is 2. The Morgan fingerprint density at radius 1 is 1.09 bits per heavy atom. The summed E-state index contributed by atoms with van der Waals surface area (Å²) in [6.45, 7) is 1.68. The topological polar surface area (TPSA) is 18.5 Å². The van der Waals surface area contributed by atoms with Gasteiger partial charge in [0.1, 0.15) is 12.4 Å². The van der Waals surface area contributed by atoms with E-state index < -0.39 is 0 Å². The number of rotatable bonds is 3. The molecule has 11 heavy (non-hydrogen) atoms. The van der Waals surface area contributed by atoms with Gasteiger partial charge >= 0.3 is 0 Å². The standard InChI is InChI=1S/C9H11O2/c1-10-7-8-3-5-9(11-2)6-4-8/h3-7H,1-2H3. The molecule has 0 aliphatic carbocycles. The van der Waals surface area contributed by atoms with Crippen LogP contribution in [-0.4, -0.2) is 14.2 Å². The second-order valence-corrected chi connectivity index (χ2v) is 2.13. The second-order valence-electron chi connectivity index (χ2n) is 2.13. The van der Waals surface area contributed by atoms with E-state index in [0.29, 0.717) is 0 Å². The zero-order chi connectivity index (χ0) is 8.10. The molecule has 0 unspecified atom stereocenters. The third-order valence-electron chi connectivity index (χ3n) is 1.37. The minimum absolute atomic E-state index is 0.859. The molecule has 0 aromatic heterocycles. The maximum Gasteiger partial charge on any atom is 0.118 e. The molecule has 0 spiro atoms. The summed E-state index contributed by atoms with van der Waals surface area (Å²) in [7, 11) is 3.28. The molecular formula is C9H11O2. The molecule has 0 atom stereocenters. The van der Waals surface area contributed by atoms with Gasteiger partial charge in [0.25, 0.3) is 0 Å². The molecule has 2 heteroatoms. The van der Waals surface area contributed by atoms with Crippen molar-refractivity contribution in [3.8, 4) is 5.75 Å². The van der Waals surface area contributed by atoms with Crippen LogP contribution in [0.4, 0.5) is 0 Å². The van der Waals surface area contributed by atoms with Crippen molar-refractivity contribution < 1.29 is 9.47 Å². The van der Waals surface area contributed by atoms with Crippen LogP contribution < -0.4 is 4.74 Å². The van der Waals surface area contributed by atoms with Gasteiger partial charge in [-0.15, -0.1) is 0 Å². The van der Waals surface area contributed by atoms with E-state index in [0.717, 1.165) is 11.3 Å². The summed E-state index contributed by atoms with van der Waals surface area (Å²) in [5, 5.41) is 0. The largest absolute Gasteiger partial charge is 0.497 e. The molecule has 0 heterocycles. The van der Waals surface area contributed by atoms with Crippen molar-refractivity contribution in [1.29, 1.82) is 0 Å². The number of methoxy groups -OCH3 is 2. The molecule has 0 aliphatic heterocycles. The van der Waals surface area contributed by atoms with Gasteiger partial charge in [-0.25, -0.2) is 0 Å². The van der Waals surface area contributed by atoms with Crippen molar-refractivity contribution in [2.24, 2.45) is 0 Å². The zero-order valence-electron chi connectivity index (χ0n) is 6.70. The van der Waals surface area contributed by atoms with E-state index in [-0.39, 0.29) is 0 Å². The Bertz CT molecular complexity index is 203. The highest BCUT2D eigenvalue weighted by Gasteiger charge is 1.92. The maximum atomic E-state index is 4.99. The Kier molecular flexibility index (Phi) is 2.93. The van der Waals surface area contributed by atoms with Gasteiger partial charge in [0.05, 0.1) is 7.11 Å². The monoisotopic (exact) mass is 151 g/mol. The first-order chi connectivity index (χ1) is 5.36. The third-order valence-corrected chi connectivity index (χ3v) is 1.37. The van der Waals surface area contributed by atoms with Gasteiger partial charge in [0.15, 0.2) is 0 Å². The Labute approximate surface area is 66.8 Å². The predicted molar refractivity (Wildman–Crippen MR) is 43.4 cm³/mol. The van der Waals surface area contributed by atoms with E-state index in [2.05, 4.69) is 0 Å². The van der Waals surface area contributed by atoms with Gasteiger partial charge in [-0.2, -0.15) is 0 Å². The first kappa shape index (κ1) is 8.08. The molecule has 1 rings (SSSR count). The lowest BCUT2D eigenvalue weighted by molar-refractivity contribution is 0.292. The highest BCUT2D eigenvalue weighted by molar-refractivity contribution is 5.29. The lowest BCUT2D eigenvalue weighted by Gasteiger charge is -2.00. The van der Waals surface area contributed by atoms with E-state index in [4.69, 9.17) is 9.47 Å². The molecule has 0 fully saturated rings. The van der Waals surface area contributed by atoms with E-state index in [1.165, 1.54) is 0 Å². The summed E-state index contributed by atoms with van der Waals surface area (Å²) in [6.07, 6.45) is 0. The fraction of sp³-hybridized carbons (Fsp3) is 0.222. The van der Waals surface area contributed by atoms with Crippen molar-refractivity contribution in [3.63, 3.8) is 0 Å². The van der Waals surface area contributed by atoms with E-state index in [1.807, 2.05) is 24.3 Å². The molecule has 59 valence electrons. The van der Waals surface area contributed by atoms with Gasteiger partial charge in [0, 0.05) is 7.11 Å². The van der Waals surface area contributed by atoms with Crippen LogP contribution in [0, 0.1) is 6.61 Å². The Morgan fingerprint density at radius 2 is 1.73 bits per heavy atom. The third kappa shape index (κ3) is 2.24. The van der Waals surface area contributed by atoms with Crippen LogP contribution in [-0.2, 0) is 4.74 Å². The number of hydrogen-bond donors (Lipinski definition) is 0. The first-order valence-corrected chi connectivity index (χ1v) is 3.37. The minimum atomic E-state index is 0.859. The van der Waals surface area contributed by atoms with E-state index in [1.54, 1.807) is 20.8 Å². The highest BCUT2D eigenvalue weighted by Crippen LogP contribution is 2.12. The van der Waals surface area contributed by atoms with Gasteiger partial charge in [0.2, 0.25) is 0 Å². The molecule has 0 N–H and O–H groups in total. The van der Waals surface area contributed by atoms with Gasteiger partial charge in [-0.05, 0) is 17.7 Å². The van der Waals surface area contributed by atoms with Crippen LogP contribution in [0.25, 0.3) is 0 Å². The van der Waals surface area contributed by atoms with E-state index >= 15 is 0 Å². The Hall–Kier alpha value is -1.02. The molecule has 0 amide bonds. The molecule has 0 bridgehead atoms. The molecule has 1 radical (unpaired) electrons. The summed E-state index contributed by atoms with van der Waals surface area (Å²) in [6, 6.07) is 7.65. The van der Waals surface area contributed by atoms with Crippen LogP contribution in [0.5, 0.6) is 5.75 Å². The molecule has 0 aliphatic rings. The van der Waals surface area contributed by atoms with Gasteiger partial charge in [-0.1, -0.05) is 12.1 Å². The van der Waals surface area contributed by atoms with Crippen molar-refractivity contribution in [2.75, 3.05) is 14.2 Å². The average molecular weight is 151 g/mol. The van der Waals surface area contributed by atoms with Crippen LogP contribution in [0.15, 0.2) is 24.3 Å². The number of benzene rings is 1. The zero-order valence-corrected chi connectivity index (χ0v) is 6.70. The second kappa shape index (κ2) is 3.98. The quantitative estimate of drug-likeness (QED) is 0.656. The number of hydrogen-bond acceptors (Lipinski definition) is 2. The maximum absolute atomic E-state index is 4.99. The van der Waals surface area contributed by atoms with Gasteiger partial charge < -0.3 is 9.47 Å². The smallest absolute Gasteiger partial charge is 0.118 e. The highest BCUT2D eigenvalue weighted by atomic mass is 16.5. The summed E-state index contributed by atoms with van der Waals surface area (Å²) in [4.78, 5) is 0. The predicted octanol–water partition coefficient (Wildman–Crippen LogP) is 1.85. The molecular weight excluding hydrogens is 140 g/mol. The summed E-state index contributed by atoms with van der Waals surface area (Å²) in [5.41, 5.74) is 1.04. The van der Waals surface area contributed by atoms with Crippen LogP contribution >= 0.6 is 0 Å². The normalized spacial score (nSPS) is 9.64. The van der Waals surface area contributed by atoms with Crippen LogP contribution in [0.2, 0.25) is 0 Å². The van der Waals surface area contributed by atoms with Crippen molar-refractivity contribution >= 4 is 0 Å². The molecule has 2 nitrogen and oxygen atoms in total. The lowest BCUT2D eigenvalue weighted by Crippen LogP contribution is -1.85. The SMILES string of the molecule is CO[CH]c1ccc(OC)cc1. The lowest BCUT2D eigenvalue weighted by atomic mass is 10.2. The Morgan fingerprint density at radius 3 is 2.18 bits per heavy atom. The average Bonchev–Trinajstić information content (AvgIpc) is 2.07. The Balaban J connectivity index is 2.66. The summed E-state index contributed by atoms with van der Waals surface area (Å²) in [5.74, 6) is 0.859. The van der Waals surface area contributed by atoms with Crippen molar-refractivity contribution in [2.45, 2.75) is 0 Å². The van der Waals surface area contributed by atoms with Crippen LogP contribution in [0.3, 0.4) is 0 Å². The van der Waals surface area contributed by atoms with Crippen molar-refractivity contribution in [1.82, 2.24) is 0 Å². The first-order valence-electron chi connectivity index (χ1n) is 3.37. The fourth-order valence-corrected chi connectivity index (χ4v) is 0.819.